The summed E-state index contributed by atoms with van der Waals surface area (Å²) >= 11 is 0. The second kappa shape index (κ2) is 5.02. The first-order valence-corrected chi connectivity index (χ1v) is 5.92. The molecule has 3 nitrogen and oxygen atoms in total. The summed E-state index contributed by atoms with van der Waals surface area (Å²) < 4.78 is 19.3. The molecule has 1 unspecified atom stereocenters. The first kappa shape index (κ1) is 12.3. The zero-order valence-corrected chi connectivity index (χ0v) is 10.2. The molecule has 1 aromatic carbocycles. The molecular weight excluding hydrogens is 221 g/mol. The van der Waals surface area contributed by atoms with Crippen molar-refractivity contribution in [2.45, 2.75) is 26.0 Å². The minimum absolute atomic E-state index is 0.123. The van der Waals surface area contributed by atoms with Gasteiger partial charge in [0.2, 0.25) is 0 Å². The van der Waals surface area contributed by atoms with Gasteiger partial charge in [0.05, 0.1) is 25.0 Å². The lowest BCUT2D eigenvalue weighted by Gasteiger charge is -2.37. The molecule has 1 aliphatic rings. The predicted octanol–water partition coefficient (Wildman–Crippen LogP) is 2.10. The number of benzene rings is 1. The van der Waals surface area contributed by atoms with Gasteiger partial charge in [0.1, 0.15) is 5.82 Å². The predicted molar refractivity (Wildman–Crippen MR) is 64.7 cm³/mol. The molecule has 0 bridgehead atoms. The summed E-state index contributed by atoms with van der Waals surface area (Å²) in [5.74, 6) is -0.280. The first-order valence-electron chi connectivity index (χ1n) is 5.92. The minimum atomic E-state index is -0.671. The van der Waals surface area contributed by atoms with E-state index in [0.29, 0.717) is 31.0 Å². The zero-order chi connectivity index (χ0) is 12.4. The van der Waals surface area contributed by atoms with Gasteiger partial charge in [0.15, 0.2) is 0 Å². The molecule has 0 radical (unpaired) electrons. The molecule has 1 aliphatic heterocycles. The highest BCUT2D eigenvalue weighted by Crippen LogP contribution is 2.31. The van der Waals surface area contributed by atoms with Gasteiger partial charge in [0, 0.05) is 18.2 Å². The zero-order valence-electron chi connectivity index (χ0n) is 10.2. The van der Waals surface area contributed by atoms with Crippen LogP contribution >= 0.6 is 0 Å². The average molecular weight is 239 g/mol. The third-order valence-corrected chi connectivity index (χ3v) is 3.12. The van der Waals surface area contributed by atoms with E-state index in [2.05, 4.69) is 0 Å². The summed E-state index contributed by atoms with van der Waals surface area (Å²) in [5, 5.41) is 9.72. The van der Waals surface area contributed by atoms with E-state index in [1.807, 2.05) is 11.8 Å². The Kier molecular flexibility index (Phi) is 3.64. The van der Waals surface area contributed by atoms with Crippen molar-refractivity contribution in [2.75, 3.05) is 24.7 Å². The van der Waals surface area contributed by atoms with Crippen LogP contribution in [-0.4, -0.2) is 30.9 Å². The van der Waals surface area contributed by atoms with Gasteiger partial charge in [0.25, 0.3) is 0 Å². The van der Waals surface area contributed by atoms with Crippen LogP contribution in [0.5, 0.6) is 0 Å². The Hall–Kier alpha value is -1.13. The molecule has 94 valence electrons. The highest BCUT2D eigenvalue weighted by atomic mass is 19.1. The number of para-hydroxylation sites is 1. The number of halogens is 1. The van der Waals surface area contributed by atoms with E-state index in [1.54, 1.807) is 19.1 Å². The van der Waals surface area contributed by atoms with Gasteiger partial charge in [-0.15, -0.1) is 0 Å². The van der Waals surface area contributed by atoms with Crippen LogP contribution in [0.1, 0.15) is 25.5 Å². The van der Waals surface area contributed by atoms with Crippen LogP contribution in [0.3, 0.4) is 0 Å². The number of hydrogen-bond donors (Lipinski definition) is 1. The summed E-state index contributed by atoms with van der Waals surface area (Å²) in [6.45, 7) is 5.49. The number of nitrogens with zero attached hydrogens (tertiary/aromatic N) is 1. The van der Waals surface area contributed by atoms with Crippen LogP contribution in [0.2, 0.25) is 0 Å². The molecule has 2 rings (SSSR count). The van der Waals surface area contributed by atoms with Gasteiger partial charge in [-0.05, 0) is 19.9 Å². The van der Waals surface area contributed by atoms with Crippen molar-refractivity contribution in [3.8, 4) is 0 Å². The number of ether oxygens (including phenoxy) is 1. The van der Waals surface area contributed by atoms with E-state index in [1.165, 1.54) is 6.07 Å². The summed E-state index contributed by atoms with van der Waals surface area (Å²) in [5.41, 5.74) is 1.15. The topological polar surface area (TPSA) is 32.7 Å². The molecule has 1 fully saturated rings. The molecule has 4 heteroatoms. The summed E-state index contributed by atoms with van der Waals surface area (Å²) in [6, 6.07) is 4.96. The Morgan fingerprint density at radius 2 is 2.29 bits per heavy atom. The van der Waals surface area contributed by atoms with E-state index in [4.69, 9.17) is 4.74 Å². The number of aliphatic hydroxyl groups excluding tert-OH is 1. The van der Waals surface area contributed by atoms with E-state index in [-0.39, 0.29) is 11.9 Å². The van der Waals surface area contributed by atoms with Crippen molar-refractivity contribution >= 4 is 5.69 Å². The monoisotopic (exact) mass is 239 g/mol. The molecule has 0 aliphatic carbocycles. The third kappa shape index (κ3) is 2.42. The fraction of sp³-hybridized carbons (Fsp3) is 0.538. The van der Waals surface area contributed by atoms with Crippen LogP contribution in [0.25, 0.3) is 0 Å². The fourth-order valence-corrected chi connectivity index (χ4v) is 2.23. The van der Waals surface area contributed by atoms with Crippen molar-refractivity contribution < 1.29 is 14.2 Å². The largest absolute Gasteiger partial charge is 0.389 e. The Morgan fingerprint density at radius 1 is 1.53 bits per heavy atom. The van der Waals surface area contributed by atoms with Gasteiger partial charge < -0.3 is 14.7 Å². The lowest BCUT2D eigenvalue weighted by atomic mass is 10.0. The maximum Gasteiger partial charge on any atom is 0.146 e. The Bertz CT molecular complexity index is 395. The van der Waals surface area contributed by atoms with Crippen molar-refractivity contribution in [3.63, 3.8) is 0 Å². The summed E-state index contributed by atoms with van der Waals surface area (Å²) in [4.78, 5) is 1.97. The number of anilines is 1. The summed E-state index contributed by atoms with van der Waals surface area (Å²) in [6.07, 6.45) is -0.671. The normalized spacial score (nSPS) is 22.6. The van der Waals surface area contributed by atoms with Crippen LogP contribution in [0.15, 0.2) is 18.2 Å². The maximum atomic E-state index is 14.0. The second-order valence-electron chi connectivity index (χ2n) is 4.47. The molecule has 1 heterocycles. The molecule has 0 amide bonds. The Morgan fingerprint density at radius 3 is 2.94 bits per heavy atom. The fourth-order valence-electron chi connectivity index (χ4n) is 2.23. The van der Waals surface area contributed by atoms with Gasteiger partial charge in [-0.25, -0.2) is 4.39 Å². The number of rotatable bonds is 2. The Labute approximate surface area is 101 Å². The van der Waals surface area contributed by atoms with E-state index >= 15 is 0 Å². The standard InChI is InChI=1S/C13H18FNO2/c1-9-8-17-7-6-15(9)13-11(10(2)16)4-3-5-12(13)14/h3-5,9-10,16H,6-8H2,1-2H3/t9?,10-/m1/s1. The quantitative estimate of drug-likeness (QED) is 0.858. The second-order valence-corrected chi connectivity index (χ2v) is 4.47. The first-order chi connectivity index (χ1) is 8.11. The van der Waals surface area contributed by atoms with Gasteiger partial charge in [-0.2, -0.15) is 0 Å². The van der Waals surface area contributed by atoms with E-state index < -0.39 is 6.10 Å². The minimum Gasteiger partial charge on any atom is -0.389 e. The molecule has 17 heavy (non-hydrogen) atoms. The lowest BCUT2D eigenvalue weighted by molar-refractivity contribution is 0.0980. The Balaban J connectivity index is 2.41. The van der Waals surface area contributed by atoms with E-state index in [0.717, 1.165) is 0 Å². The van der Waals surface area contributed by atoms with Crippen LogP contribution < -0.4 is 4.90 Å². The molecule has 1 saturated heterocycles. The van der Waals surface area contributed by atoms with Gasteiger partial charge in [-0.3, -0.25) is 0 Å². The van der Waals surface area contributed by atoms with Crippen LogP contribution in [0, 0.1) is 5.82 Å². The number of aliphatic hydroxyl groups is 1. The van der Waals surface area contributed by atoms with Crippen molar-refractivity contribution in [1.29, 1.82) is 0 Å². The number of hydrogen-bond acceptors (Lipinski definition) is 3. The van der Waals surface area contributed by atoms with Crippen LogP contribution in [0.4, 0.5) is 10.1 Å². The summed E-state index contributed by atoms with van der Waals surface area (Å²) in [7, 11) is 0. The third-order valence-electron chi connectivity index (χ3n) is 3.12. The molecule has 0 spiro atoms. The highest BCUT2D eigenvalue weighted by Gasteiger charge is 2.25. The smallest absolute Gasteiger partial charge is 0.146 e. The number of morpholine rings is 1. The van der Waals surface area contributed by atoms with Gasteiger partial charge in [-0.1, -0.05) is 12.1 Å². The lowest BCUT2D eigenvalue weighted by Crippen LogP contribution is -2.44. The van der Waals surface area contributed by atoms with Gasteiger partial charge >= 0.3 is 0 Å². The van der Waals surface area contributed by atoms with Crippen molar-refractivity contribution in [2.24, 2.45) is 0 Å². The SMILES string of the molecule is CC1COCCN1c1c(F)cccc1[C@@H](C)O. The maximum absolute atomic E-state index is 14.0. The molecular formula is C13H18FNO2. The molecule has 0 saturated carbocycles. The van der Waals surface area contributed by atoms with Crippen molar-refractivity contribution in [1.82, 2.24) is 0 Å². The average Bonchev–Trinajstić information content (AvgIpc) is 2.30. The molecule has 1 N–H and O–H groups in total. The molecule has 1 aromatic rings. The van der Waals surface area contributed by atoms with Crippen molar-refractivity contribution in [3.05, 3.63) is 29.6 Å². The molecule has 2 atom stereocenters. The molecule has 0 aromatic heterocycles. The highest BCUT2D eigenvalue weighted by molar-refractivity contribution is 5.56. The van der Waals surface area contributed by atoms with E-state index in [9.17, 15) is 9.50 Å². The van der Waals surface area contributed by atoms with Crippen LogP contribution in [-0.2, 0) is 4.74 Å².